The fourth-order valence-electron chi connectivity index (χ4n) is 1.83. The van der Waals surface area contributed by atoms with Gasteiger partial charge in [-0.25, -0.2) is 4.39 Å². The van der Waals surface area contributed by atoms with Crippen molar-refractivity contribution in [2.24, 2.45) is 0 Å². The Hall–Kier alpha value is -1.91. The van der Waals surface area contributed by atoms with Gasteiger partial charge in [0.15, 0.2) is 0 Å². The molecule has 1 N–H and O–H groups in total. The summed E-state index contributed by atoms with van der Waals surface area (Å²) in [5.74, 6) is -0.675. The third-order valence-electron chi connectivity index (χ3n) is 2.82. The van der Waals surface area contributed by atoms with Crippen LogP contribution in [0.15, 0.2) is 24.3 Å². The molecule has 1 fully saturated rings. The van der Waals surface area contributed by atoms with E-state index in [1.807, 2.05) is 0 Å². The summed E-state index contributed by atoms with van der Waals surface area (Å²) in [5, 5.41) is 2.50. The van der Waals surface area contributed by atoms with Crippen molar-refractivity contribution in [3.8, 4) is 0 Å². The van der Waals surface area contributed by atoms with Crippen LogP contribution in [0.25, 0.3) is 0 Å². The average molecular weight is 236 g/mol. The Kier molecular flexibility index (Phi) is 3.08. The Bertz CT molecular complexity index is 462. The highest BCUT2D eigenvalue weighted by molar-refractivity contribution is 5.94. The van der Waals surface area contributed by atoms with E-state index >= 15 is 0 Å². The highest BCUT2D eigenvalue weighted by Gasteiger charge is 2.30. The molecule has 2 amide bonds. The fraction of sp³-hybridized carbons (Fsp3) is 0.333. The normalized spacial score (nSPS) is 20.4. The second-order valence-corrected chi connectivity index (χ2v) is 4.05. The Morgan fingerprint density at radius 1 is 1.47 bits per heavy atom. The Balaban J connectivity index is 2.16. The first kappa shape index (κ1) is 11.6. The first-order valence-electron chi connectivity index (χ1n) is 5.39. The Morgan fingerprint density at radius 3 is 2.94 bits per heavy atom. The number of hydrogen-bond acceptors (Lipinski definition) is 2. The van der Waals surface area contributed by atoms with E-state index in [-0.39, 0.29) is 30.7 Å². The van der Waals surface area contributed by atoms with Gasteiger partial charge in [-0.2, -0.15) is 0 Å². The van der Waals surface area contributed by atoms with E-state index in [1.54, 1.807) is 19.1 Å². The molecule has 1 aromatic rings. The molecule has 1 atom stereocenters. The van der Waals surface area contributed by atoms with Gasteiger partial charge in [-0.1, -0.05) is 12.1 Å². The first-order valence-corrected chi connectivity index (χ1v) is 5.39. The summed E-state index contributed by atoms with van der Waals surface area (Å²) in [4.78, 5) is 24.5. The molecular formula is C12H13FN2O2. The van der Waals surface area contributed by atoms with Gasteiger partial charge in [0, 0.05) is 6.54 Å². The standard InChI is InChI=1S/C12H13FN2O2/c1-8-12(17)14-6-11(16)15(8)7-9-3-2-4-10(13)5-9/h2-5,8H,6-7H2,1H3,(H,14,17). The zero-order chi connectivity index (χ0) is 12.4. The summed E-state index contributed by atoms with van der Waals surface area (Å²) in [6, 6.07) is 5.52. The third kappa shape index (κ3) is 2.43. The van der Waals surface area contributed by atoms with Gasteiger partial charge in [-0.15, -0.1) is 0 Å². The fourth-order valence-corrected chi connectivity index (χ4v) is 1.83. The monoisotopic (exact) mass is 236 g/mol. The van der Waals surface area contributed by atoms with Crippen molar-refractivity contribution in [2.45, 2.75) is 19.5 Å². The lowest BCUT2D eigenvalue weighted by Gasteiger charge is -2.32. The molecule has 1 unspecified atom stereocenters. The van der Waals surface area contributed by atoms with Crippen LogP contribution in [0.1, 0.15) is 12.5 Å². The van der Waals surface area contributed by atoms with Crippen molar-refractivity contribution in [3.63, 3.8) is 0 Å². The van der Waals surface area contributed by atoms with Crippen molar-refractivity contribution in [1.29, 1.82) is 0 Å². The molecule has 90 valence electrons. The topological polar surface area (TPSA) is 49.4 Å². The molecule has 2 rings (SSSR count). The summed E-state index contributed by atoms with van der Waals surface area (Å²) in [6.45, 7) is 1.93. The van der Waals surface area contributed by atoms with E-state index in [2.05, 4.69) is 5.32 Å². The van der Waals surface area contributed by atoms with Gasteiger partial charge in [-0.3, -0.25) is 9.59 Å². The van der Waals surface area contributed by atoms with E-state index in [0.717, 1.165) is 0 Å². The second-order valence-electron chi connectivity index (χ2n) is 4.05. The van der Waals surface area contributed by atoms with E-state index in [9.17, 15) is 14.0 Å². The van der Waals surface area contributed by atoms with Crippen LogP contribution in [-0.2, 0) is 16.1 Å². The smallest absolute Gasteiger partial charge is 0.242 e. The molecule has 1 aromatic carbocycles. The number of carbonyl (C=O) groups excluding carboxylic acids is 2. The molecule has 5 heteroatoms. The molecule has 1 aliphatic heterocycles. The molecule has 1 aliphatic rings. The molecule has 0 aromatic heterocycles. The highest BCUT2D eigenvalue weighted by atomic mass is 19.1. The van der Waals surface area contributed by atoms with Crippen LogP contribution in [0.5, 0.6) is 0 Å². The SMILES string of the molecule is CC1C(=O)NCC(=O)N1Cc1cccc(F)c1. The van der Waals surface area contributed by atoms with Crippen LogP contribution >= 0.6 is 0 Å². The molecule has 4 nitrogen and oxygen atoms in total. The van der Waals surface area contributed by atoms with Gasteiger partial charge in [-0.05, 0) is 24.6 Å². The molecular weight excluding hydrogens is 223 g/mol. The van der Waals surface area contributed by atoms with Crippen LogP contribution in [-0.4, -0.2) is 29.3 Å². The van der Waals surface area contributed by atoms with Crippen molar-refractivity contribution in [2.75, 3.05) is 6.54 Å². The van der Waals surface area contributed by atoms with Gasteiger partial charge < -0.3 is 10.2 Å². The van der Waals surface area contributed by atoms with Gasteiger partial charge in [0.2, 0.25) is 11.8 Å². The molecule has 0 bridgehead atoms. The van der Waals surface area contributed by atoms with E-state index in [0.29, 0.717) is 5.56 Å². The number of hydrogen-bond donors (Lipinski definition) is 1. The van der Waals surface area contributed by atoms with Crippen LogP contribution in [0.3, 0.4) is 0 Å². The van der Waals surface area contributed by atoms with Crippen molar-refractivity contribution < 1.29 is 14.0 Å². The van der Waals surface area contributed by atoms with E-state index in [4.69, 9.17) is 0 Å². The minimum atomic E-state index is -0.514. The summed E-state index contributed by atoms with van der Waals surface area (Å²) in [7, 11) is 0. The van der Waals surface area contributed by atoms with Crippen LogP contribution in [0.2, 0.25) is 0 Å². The van der Waals surface area contributed by atoms with Crippen molar-refractivity contribution in [3.05, 3.63) is 35.6 Å². The zero-order valence-electron chi connectivity index (χ0n) is 9.44. The summed E-state index contributed by atoms with van der Waals surface area (Å²) in [5.41, 5.74) is 0.680. The maximum Gasteiger partial charge on any atom is 0.242 e. The third-order valence-corrected chi connectivity index (χ3v) is 2.82. The molecule has 17 heavy (non-hydrogen) atoms. The van der Waals surface area contributed by atoms with Crippen molar-refractivity contribution in [1.82, 2.24) is 10.2 Å². The number of carbonyl (C=O) groups is 2. The largest absolute Gasteiger partial charge is 0.345 e. The van der Waals surface area contributed by atoms with Crippen LogP contribution in [0, 0.1) is 5.82 Å². The van der Waals surface area contributed by atoms with Crippen LogP contribution in [0.4, 0.5) is 4.39 Å². The maximum atomic E-state index is 13.0. The molecule has 0 saturated carbocycles. The van der Waals surface area contributed by atoms with Gasteiger partial charge >= 0.3 is 0 Å². The quantitative estimate of drug-likeness (QED) is 0.820. The van der Waals surface area contributed by atoms with Crippen LogP contribution < -0.4 is 5.32 Å². The van der Waals surface area contributed by atoms with Gasteiger partial charge in [0.25, 0.3) is 0 Å². The number of halogens is 1. The molecule has 1 saturated heterocycles. The lowest BCUT2D eigenvalue weighted by atomic mass is 10.1. The number of nitrogens with one attached hydrogen (secondary N) is 1. The molecule has 0 radical (unpaired) electrons. The lowest BCUT2D eigenvalue weighted by molar-refractivity contribution is -0.145. The highest BCUT2D eigenvalue weighted by Crippen LogP contribution is 2.12. The average Bonchev–Trinajstić information content (AvgIpc) is 2.30. The van der Waals surface area contributed by atoms with Gasteiger partial charge in [0.1, 0.15) is 11.9 Å². The number of piperazine rings is 1. The Morgan fingerprint density at radius 2 is 2.24 bits per heavy atom. The van der Waals surface area contributed by atoms with Crippen molar-refractivity contribution >= 4 is 11.8 Å². The molecule has 0 aliphatic carbocycles. The summed E-state index contributed by atoms with van der Waals surface area (Å²) in [6.07, 6.45) is 0. The maximum absolute atomic E-state index is 13.0. The van der Waals surface area contributed by atoms with E-state index < -0.39 is 6.04 Å². The lowest BCUT2D eigenvalue weighted by Crippen LogP contribution is -2.56. The minimum absolute atomic E-state index is 0.0124. The number of nitrogens with zero attached hydrogens (tertiary/aromatic N) is 1. The predicted molar refractivity (Wildman–Crippen MR) is 59.4 cm³/mol. The number of amides is 2. The van der Waals surface area contributed by atoms with E-state index in [1.165, 1.54) is 17.0 Å². The second kappa shape index (κ2) is 4.53. The zero-order valence-corrected chi connectivity index (χ0v) is 9.44. The number of rotatable bonds is 2. The predicted octanol–water partition coefficient (Wildman–Crippen LogP) is 0.673. The molecule has 1 heterocycles. The summed E-state index contributed by atoms with van der Waals surface area (Å²) < 4.78 is 13.0. The summed E-state index contributed by atoms with van der Waals surface area (Å²) >= 11 is 0. The number of benzene rings is 1. The first-order chi connectivity index (χ1) is 8.08. The van der Waals surface area contributed by atoms with Gasteiger partial charge in [0.05, 0.1) is 6.54 Å². The Labute approximate surface area is 98.4 Å². The molecule has 0 spiro atoms. The minimum Gasteiger partial charge on any atom is -0.345 e.